The summed E-state index contributed by atoms with van der Waals surface area (Å²) in [7, 11) is 2.11. The Hall–Kier alpha value is -1.20. The lowest BCUT2D eigenvalue weighted by molar-refractivity contribution is -0.0591. The van der Waals surface area contributed by atoms with E-state index in [1.165, 1.54) is 0 Å². The first-order valence-corrected chi connectivity index (χ1v) is 9.63. The molecule has 0 saturated carbocycles. The highest BCUT2D eigenvalue weighted by Crippen LogP contribution is 2.32. The molecule has 1 heterocycles. The number of rotatable bonds is 10. The third-order valence-electron chi connectivity index (χ3n) is 4.18. The molecule has 0 bridgehead atoms. The Morgan fingerprint density at radius 2 is 1.73 bits per heavy atom. The molecule has 1 aromatic heterocycles. The summed E-state index contributed by atoms with van der Waals surface area (Å²) in [5.74, 6) is 0.559. The Morgan fingerprint density at radius 3 is 2.23 bits per heavy atom. The van der Waals surface area contributed by atoms with Crippen LogP contribution in [0.1, 0.15) is 67.5 Å². The van der Waals surface area contributed by atoms with E-state index in [1.807, 2.05) is 4.68 Å². The second-order valence-corrected chi connectivity index (χ2v) is 9.22. The van der Waals surface area contributed by atoms with E-state index in [0.717, 1.165) is 31.8 Å². The van der Waals surface area contributed by atoms with Gasteiger partial charge in [0.05, 0.1) is 11.3 Å². The van der Waals surface area contributed by atoms with Gasteiger partial charge >= 0.3 is 0 Å². The summed E-state index contributed by atoms with van der Waals surface area (Å²) in [6, 6.07) is 0.505. The lowest BCUT2D eigenvalue weighted by Gasteiger charge is -2.35. The number of hydrogen-bond acceptors (Lipinski definition) is 4. The molecule has 0 saturated heterocycles. The van der Waals surface area contributed by atoms with E-state index in [2.05, 4.69) is 97.0 Å². The summed E-state index contributed by atoms with van der Waals surface area (Å²) in [6.07, 6.45) is 3.05. The van der Waals surface area contributed by atoms with Gasteiger partial charge in [0.15, 0.2) is 0 Å². The molecular weight excluding hydrogens is 324 g/mol. The molecule has 0 amide bonds. The van der Waals surface area contributed by atoms with Crippen LogP contribution in [0.2, 0.25) is 0 Å². The molecule has 0 unspecified atom stereocenters. The second-order valence-electron chi connectivity index (χ2n) is 9.22. The van der Waals surface area contributed by atoms with Crippen LogP contribution in [-0.4, -0.2) is 45.2 Å². The Labute approximate surface area is 161 Å². The molecule has 0 aliphatic rings. The Kier molecular flexibility index (Phi) is 10.3. The summed E-state index contributed by atoms with van der Waals surface area (Å²) >= 11 is 0. The zero-order chi connectivity index (χ0) is 20.5. The van der Waals surface area contributed by atoms with E-state index in [9.17, 15) is 0 Å². The fourth-order valence-corrected chi connectivity index (χ4v) is 3.02. The van der Waals surface area contributed by atoms with E-state index in [4.69, 9.17) is 4.74 Å². The smallest absolute Gasteiger partial charge is 0.0967 e. The van der Waals surface area contributed by atoms with Crippen LogP contribution in [0.25, 0.3) is 0 Å². The quantitative estimate of drug-likeness (QED) is 0.559. The largest absolute Gasteiger partial charge is 0.375 e. The predicted molar refractivity (Wildman–Crippen MR) is 111 cm³/mol. The molecule has 0 radical (unpaired) electrons. The van der Waals surface area contributed by atoms with Crippen LogP contribution in [0.15, 0.2) is 19.4 Å². The molecule has 5 heteroatoms. The van der Waals surface area contributed by atoms with Gasteiger partial charge in [-0.05, 0) is 52.5 Å². The van der Waals surface area contributed by atoms with Crippen molar-refractivity contribution in [3.8, 4) is 0 Å². The summed E-state index contributed by atoms with van der Waals surface area (Å²) < 4.78 is 8.07. The third-order valence-corrected chi connectivity index (χ3v) is 4.18. The summed E-state index contributed by atoms with van der Waals surface area (Å²) in [6.45, 7) is 26.1. The Bertz CT molecular complexity index is 506. The van der Waals surface area contributed by atoms with Crippen molar-refractivity contribution >= 4 is 0 Å². The lowest BCUT2D eigenvalue weighted by atomic mass is 9.81. The standard InChI is InChI=1S/C19H38N4O.C2H4/c1-15(2)12-24-19(7,8)13-18(5,6)14-23-11-17(20-21-23)10-22(9)16(3)4;1-2/h11,15-16H,10,12-14H2,1-9H3;1-2H2. The van der Waals surface area contributed by atoms with Crippen LogP contribution in [0.5, 0.6) is 0 Å². The van der Waals surface area contributed by atoms with Crippen LogP contribution in [0, 0.1) is 11.3 Å². The zero-order valence-corrected chi connectivity index (χ0v) is 18.7. The van der Waals surface area contributed by atoms with Gasteiger partial charge in [-0.1, -0.05) is 32.9 Å². The summed E-state index contributed by atoms with van der Waals surface area (Å²) in [5.41, 5.74) is 0.988. The van der Waals surface area contributed by atoms with Gasteiger partial charge in [0.25, 0.3) is 0 Å². The van der Waals surface area contributed by atoms with E-state index in [-0.39, 0.29) is 11.0 Å². The number of nitrogens with zero attached hydrogens (tertiary/aromatic N) is 4. The van der Waals surface area contributed by atoms with Crippen molar-refractivity contribution in [3.05, 3.63) is 25.0 Å². The molecule has 0 aromatic carbocycles. The first-order chi connectivity index (χ1) is 11.9. The summed E-state index contributed by atoms with van der Waals surface area (Å²) in [4.78, 5) is 2.27. The Balaban J connectivity index is 0.00000301. The van der Waals surface area contributed by atoms with Crippen molar-refractivity contribution in [2.75, 3.05) is 13.7 Å². The van der Waals surface area contributed by atoms with Gasteiger partial charge in [-0.3, -0.25) is 9.58 Å². The van der Waals surface area contributed by atoms with E-state index in [0.29, 0.717) is 12.0 Å². The molecule has 1 rings (SSSR count). The van der Waals surface area contributed by atoms with Gasteiger partial charge in [0.2, 0.25) is 0 Å². The molecule has 152 valence electrons. The van der Waals surface area contributed by atoms with Crippen LogP contribution < -0.4 is 0 Å². The molecule has 0 atom stereocenters. The number of aromatic nitrogens is 3. The molecule has 0 spiro atoms. The highest BCUT2D eigenvalue weighted by molar-refractivity contribution is 4.93. The fraction of sp³-hybridized carbons (Fsp3) is 0.810. The predicted octanol–water partition coefficient (Wildman–Crippen LogP) is 4.79. The topological polar surface area (TPSA) is 43.2 Å². The molecule has 0 fully saturated rings. The average Bonchev–Trinajstić information content (AvgIpc) is 2.92. The van der Waals surface area contributed by atoms with Gasteiger partial charge in [0.1, 0.15) is 0 Å². The SMILES string of the molecule is C=C.CC(C)COC(C)(C)CC(C)(C)Cn1cc(CN(C)C(C)C)nn1. The van der Waals surface area contributed by atoms with Gasteiger partial charge in [-0.25, -0.2) is 0 Å². The number of ether oxygens (including phenoxy) is 1. The molecule has 26 heavy (non-hydrogen) atoms. The third kappa shape index (κ3) is 10.1. The molecule has 0 aliphatic heterocycles. The van der Waals surface area contributed by atoms with E-state index in [1.54, 1.807) is 0 Å². The minimum absolute atomic E-state index is 0.0927. The zero-order valence-electron chi connectivity index (χ0n) is 18.7. The van der Waals surface area contributed by atoms with E-state index >= 15 is 0 Å². The number of hydrogen-bond donors (Lipinski definition) is 0. The minimum atomic E-state index is -0.130. The highest BCUT2D eigenvalue weighted by atomic mass is 16.5. The van der Waals surface area contributed by atoms with Gasteiger partial charge in [-0.2, -0.15) is 0 Å². The van der Waals surface area contributed by atoms with Crippen molar-refractivity contribution in [2.45, 2.75) is 86.5 Å². The molecule has 0 aliphatic carbocycles. The molecule has 1 aromatic rings. The maximum absolute atomic E-state index is 6.10. The highest BCUT2D eigenvalue weighted by Gasteiger charge is 2.30. The Morgan fingerprint density at radius 1 is 1.15 bits per heavy atom. The average molecular weight is 367 g/mol. The van der Waals surface area contributed by atoms with E-state index < -0.39 is 0 Å². The lowest BCUT2D eigenvalue weighted by Crippen LogP contribution is -2.35. The van der Waals surface area contributed by atoms with Crippen molar-refractivity contribution in [2.24, 2.45) is 11.3 Å². The van der Waals surface area contributed by atoms with Crippen LogP contribution in [-0.2, 0) is 17.8 Å². The van der Waals surface area contributed by atoms with Crippen LogP contribution >= 0.6 is 0 Å². The maximum atomic E-state index is 6.10. The van der Waals surface area contributed by atoms with Gasteiger partial charge < -0.3 is 4.74 Å². The van der Waals surface area contributed by atoms with Crippen LogP contribution in [0.3, 0.4) is 0 Å². The van der Waals surface area contributed by atoms with Crippen molar-refractivity contribution in [3.63, 3.8) is 0 Å². The minimum Gasteiger partial charge on any atom is -0.375 e. The van der Waals surface area contributed by atoms with Gasteiger partial charge in [-0.15, -0.1) is 18.3 Å². The normalized spacial score (nSPS) is 12.6. The molecule has 5 nitrogen and oxygen atoms in total. The van der Waals surface area contributed by atoms with Crippen molar-refractivity contribution < 1.29 is 4.74 Å². The fourth-order valence-electron chi connectivity index (χ4n) is 3.02. The molecular formula is C21H42N4O. The second kappa shape index (κ2) is 10.8. The van der Waals surface area contributed by atoms with Gasteiger partial charge in [0, 0.05) is 31.9 Å². The van der Waals surface area contributed by atoms with Crippen molar-refractivity contribution in [1.29, 1.82) is 0 Å². The molecule has 0 N–H and O–H groups in total. The van der Waals surface area contributed by atoms with Crippen molar-refractivity contribution in [1.82, 2.24) is 19.9 Å². The first-order valence-electron chi connectivity index (χ1n) is 9.63. The monoisotopic (exact) mass is 366 g/mol. The van der Waals surface area contributed by atoms with Crippen LogP contribution in [0.4, 0.5) is 0 Å². The first kappa shape index (κ1) is 24.8. The maximum Gasteiger partial charge on any atom is 0.0967 e. The summed E-state index contributed by atoms with van der Waals surface area (Å²) in [5, 5.41) is 8.64.